The maximum absolute atomic E-state index is 13.3. The van der Waals surface area contributed by atoms with Crippen molar-refractivity contribution in [2.24, 2.45) is 0 Å². The Morgan fingerprint density at radius 2 is 1.45 bits per heavy atom. The number of nitrogens with zero attached hydrogens (tertiary/aromatic N) is 4. The number of methoxy groups -OCH3 is 2. The van der Waals surface area contributed by atoms with Gasteiger partial charge in [0.1, 0.15) is 49.1 Å². The van der Waals surface area contributed by atoms with Gasteiger partial charge in [0.2, 0.25) is 5.95 Å². The molecule has 6 aromatic rings. The Balaban J connectivity index is 1.26. The molecule has 60 heavy (non-hydrogen) atoms. The van der Waals surface area contributed by atoms with E-state index in [-0.39, 0.29) is 23.7 Å². The molecule has 0 radical (unpaired) electrons. The van der Waals surface area contributed by atoms with Crippen molar-refractivity contribution in [1.82, 2.24) is 19.5 Å². The number of carbonyl (C=O) groups is 1. The number of imidazole rings is 1. The van der Waals surface area contributed by atoms with E-state index in [1.807, 2.05) is 84.9 Å². The van der Waals surface area contributed by atoms with Crippen LogP contribution in [0.4, 0.5) is 5.95 Å². The smallest absolute Gasteiger partial charge is 0.280 e. The second kappa shape index (κ2) is 19.1. The predicted molar refractivity (Wildman–Crippen MR) is 231 cm³/mol. The first-order chi connectivity index (χ1) is 29.1. The lowest BCUT2D eigenvalue weighted by Gasteiger charge is -2.39. The van der Waals surface area contributed by atoms with E-state index in [2.05, 4.69) is 41.0 Å². The fourth-order valence-electron chi connectivity index (χ4n) is 7.49. The van der Waals surface area contributed by atoms with E-state index in [1.165, 1.54) is 6.33 Å². The predicted octanol–water partition coefficient (Wildman–Crippen LogP) is 7.65. The second-order valence-corrected chi connectivity index (χ2v) is 15.9. The zero-order chi connectivity index (χ0) is 42.3. The quantitative estimate of drug-likeness (QED) is 0.0289. The van der Waals surface area contributed by atoms with Gasteiger partial charge in [0.25, 0.3) is 11.5 Å². The Morgan fingerprint density at radius 3 is 2.02 bits per heavy atom. The van der Waals surface area contributed by atoms with Crippen LogP contribution in [0.25, 0.3) is 11.2 Å². The number of anilines is 1. The number of ether oxygens (including phenoxy) is 4. The monoisotopic (exact) mass is 852 g/mol. The zero-order valence-electron chi connectivity index (χ0n) is 34.1. The minimum atomic E-state index is -1.81. The van der Waals surface area contributed by atoms with E-state index in [1.54, 1.807) is 43.1 Å². The van der Waals surface area contributed by atoms with E-state index in [0.717, 1.165) is 36.3 Å². The Hall–Kier alpha value is -5.12. The van der Waals surface area contributed by atoms with Crippen molar-refractivity contribution >= 4 is 42.8 Å². The molecule has 1 unspecified atom stereocenters. The fraction of sp³-hybridized carbons (Fsp3) is 0.318. The van der Waals surface area contributed by atoms with Gasteiger partial charge in [-0.15, -0.1) is 0 Å². The van der Waals surface area contributed by atoms with Gasteiger partial charge >= 0.3 is 0 Å². The van der Waals surface area contributed by atoms with Crippen LogP contribution in [0.1, 0.15) is 60.5 Å². The molecule has 4 aromatic carbocycles. The highest BCUT2D eigenvalue weighted by atomic mass is 32.7. The number of rotatable bonds is 18. The standard InChI is InChI=1S/C44H49N6O8PS/c1-6-50(7-2,8-3)58-59(60)57-36-27-38(49-29-45-39-40(49)46-43(48-42(39)52)47-41(51)30-15-11-9-12-16-30)56-37(36)28-55-44(31-17-13-10-14-18-31,32-19-23-34(53-4)24-20-32)33-21-25-35(54-5)26-22-33/h9-26,29,36-38H,6-8,27-28H2,1-5H3,(H2,46,47,48,51,52)/t36-,37+,38+,59?/m0/s1. The summed E-state index contributed by atoms with van der Waals surface area (Å²) in [5, 5.41) is 2.70. The van der Waals surface area contributed by atoms with Gasteiger partial charge < -0.3 is 35.7 Å². The molecule has 1 fully saturated rings. The first-order valence-corrected chi connectivity index (χ1v) is 22.0. The molecule has 314 valence electrons. The lowest BCUT2D eigenvalue weighted by molar-refractivity contribution is -1.08. The van der Waals surface area contributed by atoms with Crippen molar-refractivity contribution in [3.8, 4) is 11.5 Å². The highest BCUT2D eigenvalue weighted by Gasteiger charge is 2.44. The molecule has 2 N–H and O–H groups in total. The molecule has 7 rings (SSSR count). The summed E-state index contributed by atoms with van der Waals surface area (Å²) in [5.41, 5.74) is 1.64. The molecular formula is C44H49N6O8PS. The molecule has 3 heterocycles. The minimum Gasteiger partial charge on any atom is -0.694 e. The molecule has 1 aliphatic rings. The Morgan fingerprint density at radius 1 is 0.883 bits per heavy atom. The number of amides is 1. The van der Waals surface area contributed by atoms with Crippen LogP contribution in [0.3, 0.4) is 0 Å². The van der Waals surface area contributed by atoms with Gasteiger partial charge in [0.05, 0.1) is 40.8 Å². The van der Waals surface area contributed by atoms with Gasteiger partial charge in [-0.05, 0) is 73.9 Å². The Bertz CT molecular complexity index is 2340. The number of nitrogens with one attached hydrogen (secondary N) is 2. The summed E-state index contributed by atoms with van der Waals surface area (Å²) in [6, 6.07) is 34.2. The number of hydrogen-bond donors (Lipinski definition) is 2. The molecule has 1 aliphatic heterocycles. The molecule has 16 heteroatoms. The summed E-state index contributed by atoms with van der Waals surface area (Å²) in [5.74, 6) is 0.944. The third kappa shape index (κ3) is 8.98. The van der Waals surface area contributed by atoms with E-state index in [9.17, 15) is 9.59 Å². The molecule has 0 spiro atoms. The molecule has 0 aliphatic carbocycles. The van der Waals surface area contributed by atoms with E-state index in [0.29, 0.717) is 28.1 Å². The highest BCUT2D eigenvalue weighted by molar-refractivity contribution is 8.29. The van der Waals surface area contributed by atoms with E-state index < -0.39 is 43.1 Å². The Labute approximate surface area is 355 Å². The lowest BCUT2D eigenvalue weighted by Crippen LogP contribution is -2.46. The van der Waals surface area contributed by atoms with Gasteiger partial charge in [-0.25, -0.2) is 4.98 Å². The molecule has 14 nitrogen and oxygen atoms in total. The normalized spacial score (nSPS) is 17.4. The topological polar surface area (TPSA) is 148 Å². The molecule has 0 bridgehead atoms. The van der Waals surface area contributed by atoms with E-state index in [4.69, 9.17) is 40.3 Å². The number of benzene rings is 4. The van der Waals surface area contributed by atoms with Crippen molar-refractivity contribution in [1.29, 1.82) is 0 Å². The summed E-state index contributed by atoms with van der Waals surface area (Å²) in [6.45, 7) is 8.39. The van der Waals surface area contributed by atoms with Crippen molar-refractivity contribution in [3.05, 3.63) is 148 Å². The van der Waals surface area contributed by atoms with Gasteiger partial charge in [-0.1, -0.05) is 72.8 Å². The van der Waals surface area contributed by atoms with Gasteiger partial charge in [0, 0.05) is 12.0 Å². The van der Waals surface area contributed by atoms with Crippen LogP contribution >= 0.6 is 7.58 Å². The van der Waals surface area contributed by atoms with Gasteiger partial charge in [-0.2, -0.15) is 14.3 Å². The number of H-pyrrole nitrogens is 1. The lowest BCUT2D eigenvalue weighted by atomic mass is 9.80. The summed E-state index contributed by atoms with van der Waals surface area (Å²) in [7, 11) is 1.45. The van der Waals surface area contributed by atoms with Crippen LogP contribution < -0.4 is 20.3 Å². The second-order valence-electron chi connectivity index (χ2n) is 14.2. The van der Waals surface area contributed by atoms with E-state index >= 15 is 0 Å². The van der Waals surface area contributed by atoms with Crippen molar-refractivity contribution < 1.29 is 37.5 Å². The van der Waals surface area contributed by atoms with Crippen LogP contribution in [0.2, 0.25) is 0 Å². The van der Waals surface area contributed by atoms with Gasteiger partial charge in [-0.3, -0.25) is 24.5 Å². The van der Waals surface area contributed by atoms with Crippen LogP contribution in [0.15, 0.2) is 120 Å². The number of fused-ring (bicyclic) bond motifs is 1. The summed E-state index contributed by atoms with van der Waals surface area (Å²) < 4.78 is 40.3. The third-order valence-corrected chi connectivity index (χ3v) is 12.4. The molecule has 1 amide bonds. The molecular weight excluding hydrogens is 804 g/mol. The van der Waals surface area contributed by atoms with Crippen molar-refractivity contribution in [2.45, 2.75) is 51.2 Å². The van der Waals surface area contributed by atoms with Crippen molar-refractivity contribution in [2.75, 3.05) is 45.8 Å². The number of quaternary nitrogens is 1. The van der Waals surface area contributed by atoms with Gasteiger partial charge in [0.15, 0.2) is 11.2 Å². The molecule has 1 saturated heterocycles. The Kier molecular flexibility index (Phi) is 13.7. The fourth-order valence-corrected chi connectivity index (χ4v) is 9.36. The average Bonchev–Trinajstić information content (AvgIpc) is 3.91. The number of hydrogen-bond acceptors (Lipinski definition) is 11. The molecule has 4 atom stereocenters. The highest BCUT2D eigenvalue weighted by Crippen LogP contribution is 2.47. The number of aromatic nitrogens is 4. The maximum atomic E-state index is 13.3. The van der Waals surface area contributed by atoms with Crippen LogP contribution in [-0.4, -0.2) is 82.7 Å². The maximum Gasteiger partial charge on any atom is 0.280 e. The average molecular weight is 853 g/mol. The number of carbonyl (C=O) groups excluding carboxylic acids is 1. The largest absolute Gasteiger partial charge is 0.694 e. The summed E-state index contributed by atoms with van der Waals surface area (Å²) in [4.78, 5) is 38.0. The first-order valence-electron chi connectivity index (χ1n) is 19.8. The number of hydroxylamine groups is 3. The summed E-state index contributed by atoms with van der Waals surface area (Å²) in [6.07, 6.45) is -0.205. The third-order valence-electron chi connectivity index (χ3n) is 11.0. The number of aromatic amines is 1. The van der Waals surface area contributed by atoms with Crippen LogP contribution in [0.5, 0.6) is 11.5 Å². The van der Waals surface area contributed by atoms with Crippen molar-refractivity contribution in [3.63, 3.8) is 0 Å². The van der Waals surface area contributed by atoms with Crippen LogP contribution in [0, 0.1) is 0 Å². The molecule has 2 aromatic heterocycles. The summed E-state index contributed by atoms with van der Waals surface area (Å²) >= 11 is 5.91. The minimum absolute atomic E-state index is 0.0318. The van der Waals surface area contributed by atoms with Crippen LogP contribution in [-0.2, 0) is 36.5 Å². The molecule has 0 saturated carbocycles. The zero-order valence-corrected chi connectivity index (χ0v) is 35.9. The first kappa shape index (κ1) is 43.0. The SMILES string of the molecule is CC[N+](CC)(CC)OP([S-])O[C@H]1C[C@H](n2cnc3c(=O)[nH]c(NC(=O)c4ccccc4)nc32)O[C@@H]1COC(c1ccccc1)(c1ccc(OC)cc1)c1ccc(OC)cc1.